The minimum atomic E-state index is -0.0876. The lowest BCUT2D eigenvalue weighted by Gasteiger charge is -2.36. The van der Waals surface area contributed by atoms with Gasteiger partial charge in [-0.25, -0.2) is 0 Å². The Balaban J connectivity index is 1.34. The highest BCUT2D eigenvalue weighted by Gasteiger charge is 2.46. The van der Waals surface area contributed by atoms with E-state index in [1.54, 1.807) is 0 Å². The molecule has 0 unspecified atom stereocenters. The molecular formula is C40H35BO2. The van der Waals surface area contributed by atoms with Crippen LogP contribution >= 0.6 is 0 Å². The highest BCUT2D eigenvalue weighted by Crippen LogP contribution is 2.52. The first-order chi connectivity index (χ1) is 20.4. The normalized spacial score (nSPS) is 17.0. The van der Waals surface area contributed by atoms with Crippen LogP contribution in [-0.2, 0) is 16.2 Å². The number of hydrogen-bond acceptors (Lipinski definition) is 2. The van der Waals surface area contributed by atoms with E-state index in [0.29, 0.717) is 0 Å². The van der Waals surface area contributed by atoms with E-state index in [-0.39, 0.29) is 23.0 Å². The van der Waals surface area contributed by atoms with Crippen molar-refractivity contribution < 1.29 is 9.47 Å². The molecule has 0 aromatic heterocycles. The Kier molecular flexibility index (Phi) is 4.60. The molecule has 210 valence electrons. The fourth-order valence-electron chi connectivity index (χ4n) is 8.32. The second kappa shape index (κ2) is 7.83. The van der Waals surface area contributed by atoms with Crippen LogP contribution in [0.25, 0.3) is 22.3 Å². The molecule has 2 aliphatic heterocycles. The van der Waals surface area contributed by atoms with Gasteiger partial charge in [0.15, 0.2) is 0 Å². The molecule has 5 aromatic rings. The van der Waals surface area contributed by atoms with Gasteiger partial charge >= 0.3 is 0 Å². The van der Waals surface area contributed by atoms with E-state index in [2.05, 4.69) is 133 Å². The van der Waals surface area contributed by atoms with Crippen molar-refractivity contribution in [1.29, 1.82) is 0 Å². The summed E-state index contributed by atoms with van der Waals surface area (Å²) < 4.78 is 13.8. The van der Waals surface area contributed by atoms with Crippen molar-refractivity contribution in [2.75, 3.05) is 0 Å². The molecule has 0 atom stereocenters. The summed E-state index contributed by atoms with van der Waals surface area (Å²) in [6.45, 7) is 16.2. The molecule has 0 saturated carbocycles. The third-order valence-electron chi connectivity index (χ3n) is 10.7. The summed E-state index contributed by atoms with van der Waals surface area (Å²) in [6.07, 6.45) is 0. The molecule has 2 heterocycles. The third-order valence-corrected chi connectivity index (χ3v) is 10.7. The largest absolute Gasteiger partial charge is 0.458 e. The average molecular weight is 559 g/mol. The van der Waals surface area contributed by atoms with Gasteiger partial charge < -0.3 is 9.47 Å². The van der Waals surface area contributed by atoms with Crippen molar-refractivity contribution in [1.82, 2.24) is 0 Å². The van der Waals surface area contributed by atoms with Crippen LogP contribution in [0.3, 0.4) is 0 Å². The maximum atomic E-state index is 6.89. The Hall–Kier alpha value is -4.24. The molecule has 5 aromatic carbocycles. The Morgan fingerprint density at radius 1 is 0.512 bits per heavy atom. The summed E-state index contributed by atoms with van der Waals surface area (Å²) >= 11 is 0. The number of rotatable bonds is 0. The SMILES string of the molecule is CC(C)(C)c1cc2c3c(c1)Oc1cc4c(cc1B3c1cc3c(cc1O2)-c1ccccc1C3(C)C)C(C)(C)c1ccccc1-4. The van der Waals surface area contributed by atoms with Gasteiger partial charge in [0, 0.05) is 16.3 Å². The predicted octanol–water partition coefficient (Wildman–Crippen LogP) is 8.32. The molecule has 9 rings (SSSR count). The molecular weight excluding hydrogens is 523 g/mol. The zero-order valence-electron chi connectivity index (χ0n) is 26.0. The number of benzene rings is 5. The van der Waals surface area contributed by atoms with Crippen LogP contribution in [0.15, 0.2) is 84.9 Å². The molecule has 0 bridgehead atoms. The van der Waals surface area contributed by atoms with Crippen molar-refractivity contribution in [3.05, 3.63) is 113 Å². The first kappa shape index (κ1) is 25.3. The molecule has 0 saturated heterocycles. The Morgan fingerprint density at radius 2 is 0.953 bits per heavy atom. The Morgan fingerprint density at radius 3 is 1.40 bits per heavy atom. The zero-order valence-corrected chi connectivity index (χ0v) is 26.0. The lowest BCUT2D eigenvalue weighted by Crippen LogP contribution is -2.58. The van der Waals surface area contributed by atoms with Crippen molar-refractivity contribution >= 4 is 23.1 Å². The smallest absolute Gasteiger partial charge is 0.260 e. The molecule has 3 heteroatoms. The minimum absolute atomic E-state index is 0.0288. The maximum Gasteiger partial charge on any atom is 0.260 e. The van der Waals surface area contributed by atoms with Crippen molar-refractivity contribution in [3.63, 3.8) is 0 Å². The lowest BCUT2D eigenvalue weighted by molar-refractivity contribution is 0.458. The first-order valence-electron chi connectivity index (χ1n) is 15.6. The third kappa shape index (κ3) is 3.15. The van der Waals surface area contributed by atoms with E-state index < -0.39 is 0 Å². The van der Waals surface area contributed by atoms with E-state index in [1.165, 1.54) is 61.0 Å². The van der Waals surface area contributed by atoms with E-state index in [1.807, 2.05) is 0 Å². The topological polar surface area (TPSA) is 18.5 Å². The van der Waals surface area contributed by atoms with Gasteiger partial charge in [-0.2, -0.15) is 0 Å². The van der Waals surface area contributed by atoms with Crippen LogP contribution in [0, 0.1) is 0 Å². The lowest BCUT2D eigenvalue weighted by atomic mass is 9.34. The van der Waals surface area contributed by atoms with E-state index in [4.69, 9.17) is 9.47 Å². The van der Waals surface area contributed by atoms with Gasteiger partial charge in [0.05, 0.1) is 0 Å². The molecule has 43 heavy (non-hydrogen) atoms. The monoisotopic (exact) mass is 558 g/mol. The Bertz CT molecular complexity index is 1940. The number of hydrogen-bond donors (Lipinski definition) is 0. The van der Waals surface area contributed by atoms with Crippen LogP contribution in [0.4, 0.5) is 0 Å². The van der Waals surface area contributed by atoms with Gasteiger partial charge in [0.2, 0.25) is 0 Å². The summed E-state index contributed by atoms with van der Waals surface area (Å²) in [5.74, 6) is 3.74. The maximum absolute atomic E-state index is 6.89. The summed E-state index contributed by atoms with van der Waals surface area (Å²) in [7, 11) is 0. The van der Waals surface area contributed by atoms with Crippen LogP contribution in [0.2, 0.25) is 0 Å². The van der Waals surface area contributed by atoms with Crippen molar-refractivity contribution in [2.45, 2.75) is 64.7 Å². The molecule has 0 amide bonds. The first-order valence-corrected chi connectivity index (χ1v) is 15.6. The zero-order chi connectivity index (χ0) is 29.6. The molecule has 0 radical (unpaired) electrons. The molecule has 0 fully saturated rings. The molecule has 2 aliphatic carbocycles. The second-order valence-electron chi connectivity index (χ2n) is 15.0. The molecule has 0 spiro atoms. The van der Waals surface area contributed by atoms with Gasteiger partial charge in [0.1, 0.15) is 23.0 Å². The number of fused-ring (bicyclic) bond motifs is 10. The standard InChI is InChI=1S/C40H35BO2/c1-38(2,3)22-16-35-37-36(17-22)43-34-19-26-24-13-9-11-15-28(24)40(6,7)30(26)21-32(34)41(37)31-20-29-25(18-33(31)42-35)23-12-8-10-14-27(23)39(29,4)5/h8-21H,1-7H3. The van der Waals surface area contributed by atoms with Gasteiger partial charge in [-0.1, -0.05) is 109 Å². The van der Waals surface area contributed by atoms with Gasteiger partial charge in [0.25, 0.3) is 6.71 Å². The summed E-state index contributed by atoms with van der Waals surface area (Å²) in [4.78, 5) is 0. The second-order valence-corrected chi connectivity index (χ2v) is 15.0. The fraction of sp³-hybridized carbons (Fsp3) is 0.250. The highest BCUT2D eigenvalue weighted by molar-refractivity contribution is 6.98. The molecule has 2 nitrogen and oxygen atoms in total. The van der Waals surface area contributed by atoms with Crippen LogP contribution in [-0.4, -0.2) is 6.71 Å². The average Bonchev–Trinajstić information content (AvgIpc) is 3.33. The predicted molar refractivity (Wildman–Crippen MR) is 178 cm³/mol. The fourth-order valence-corrected chi connectivity index (χ4v) is 8.32. The van der Waals surface area contributed by atoms with Crippen LogP contribution in [0.1, 0.15) is 76.3 Å². The summed E-state index contributed by atoms with van der Waals surface area (Å²) in [5.41, 5.74) is 15.3. The quantitative estimate of drug-likeness (QED) is 0.174. The van der Waals surface area contributed by atoms with Crippen LogP contribution < -0.4 is 25.9 Å². The highest BCUT2D eigenvalue weighted by atomic mass is 16.5. The molecule has 4 aliphatic rings. The summed E-state index contributed by atoms with van der Waals surface area (Å²) in [5, 5.41) is 0. The summed E-state index contributed by atoms with van der Waals surface area (Å²) in [6, 6.07) is 31.7. The van der Waals surface area contributed by atoms with E-state index in [0.717, 1.165) is 28.5 Å². The minimum Gasteiger partial charge on any atom is -0.458 e. The van der Waals surface area contributed by atoms with Gasteiger partial charge in [-0.15, -0.1) is 0 Å². The molecule has 0 N–H and O–H groups in total. The van der Waals surface area contributed by atoms with E-state index >= 15 is 0 Å². The Labute approximate surface area is 254 Å². The van der Waals surface area contributed by atoms with Gasteiger partial charge in [-0.3, -0.25) is 0 Å². The van der Waals surface area contributed by atoms with Crippen LogP contribution in [0.5, 0.6) is 23.0 Å². The van der Waals surface area contributed by atoms with Gasteiger partial charge in [-0.05, 0) is 90.7 Å². The van der Waals surface area contributed by atoms with Crippen molar-refractivity contribution in [2.24, 2.45) is 0 Å². The van der Waals surface area contributed by atoms with Crippen molar-refractivity contribution in [3.8, 4) is 45.3 Å². The van der Waals surface area contributed by atoms with E-state index in [9.17, 15) is 0 Å². The number of ether oxygens (including phenoxy) is 2.